The molecule has 1 saturated heterocycles. The van der Waals surface area contributed by atoms with Crippen LogP contribution in [0.3, 0.4) is 0 Å². The van der Waals surface area contributed by atoms with Crippen LogP contribution in [0.4, 0.5) is 4.39 Å². The molecule has 0 spiro atoms. The van der Waals surface area contributed by atoms with Gasteiger partial charge in [0.05, 0.1) is 18.1 Å². The van der Waals surface area contributed by atoms with Gasteiger partial charge in [0, 0.05) is 13.1 Å². The number of amidine groups is 1. The average molecular weight is 292 g/mol. The van der Waals surface area contributed by atoms with E-state index < -0.39 is 0 Å². The molecular formula is C14H13FN2O2S. The topological polar surface area (TPSA) is 41.9 Å². The zero-order chi connectivity index (χ0) is 13.9. The Bertz CT molecular complexity index is 595. The van der Waals surface area contributed by atoms with Gasteiger partial charge in [0.25, 0.3) is 5.91 Å². The molecule has 1 amide bonds. The maximum absolute atomic E-state index is 13.1. The highest BCUT2D eigenvalue weighted by atomic mass is 32.2. The number of rotatable bonds is 1. The normalized spacial score (nSPS) is 21.4. The number of aliphatic imine (C=N–C) groups is 1. The van der Waals surface area contributed by atoms with Crippen LogP contribution in [-0.4, -0.2) is 42.3 Å². The van der Waals surface area contributed by atoms with Crippen molar-refractivity contribution in [3.8, 4) is 0 Å². The molecule has 0 saturated carbocycles. The van der Waals surface area contributed by atoms with Crippen molar-refractivity contribution in [3.63, 3.8) is 0 Å². The molecule has 0 unspecified atom stereocenters. The fraction of sp³-hybridized carbons (Fsp3) is 0.286. The Morgan fingerprint density at radius 2 is 2.15 bits per heavy atom. The summed E-state index contributed by atoms with van der Waals surface area (Å²) in [4.78, 5) is 18.5. The standard InChI is InChI=1S/C14H13FN2O2S/c15-11-3-1-2-10(8-11)9-12-13(18)16-14(20-12)17-4-6-19-7-5-17/h1-3,8-9H,4-7H2/b12-9-. The van der Waals surface area contributed by atoms with Gasteiger partial charge in [-0.25, -0.2) is 4.39 Å². The summed E-state index contributed by atoms with van der Waals surface area (Å²) in [6.45, 7) is 2.78. The second-order valence-corrected chi connectivity index (χ2v) is 5.47. The number of hydrogen-bond donors (Lipinski definition) is 0. The van der Waals surface area contributed by atoms with Crippen molar-refractivity contribution < 1.29 is 13.9 Å². The van der Waals surface area contributed by atoms with Crippen LogP contribution in [0.5, 0.6) is 0 Å². The molecule has 4 nitrogen and oxygen atoms in total. The molecule has 0 aliphatic carbocycles. The summed E-state index contributed by atoms with van der Waals surface area (Å²) in [5.74, 6) is -0.579. The van der Waals surface area contributed by atoms with E-state index in [4.69, 9.17) is 4.74 Å². The second kappa shape index (κ2) is 5.76. The van der Waals surface area contributed by atoms with Crippen LogP contribution in [0.15, 0.2) is 34.2 Å². The molecule has 1 aromatic rings. The molecule has 6 heteroatoms. The van der Waals surface area contributed by atoms with Gasteiger partial charge in [0.1, 0.15) is 5.82 Å². The van der Waals surface area contributed by atoms with Gasteiger partial charge in [-0.1, -0.05) is 12.1 Å². The molecule has 20 heavy (non-hydrogen) atoms. The van der Waals surface area contributed by atoms with E-state index in [2.05, 4.69) is 4.99 Å². The molecule has 0 aromatic heterocycles. The Morgan fingerprint density at radius 1 is 1.35 bits per heavy atom. The zero-order valence-electron chi connectivity index (χ0n) is 10.7. The summed E-state index contributed by atoms with van der Waals surface area (Å²) in [6.07, 6.45) is 1.67. The molecule has 1 fully saturated rings. The molecule has 0 bridgehead atoms. The number of amides is 1. The number of carbonyl (C=O) groups excluding carboxylic acids is 1. The van der Waals surface area contributed by atoms with Crippen LogP contribution in [0.2, 0.25) is 0 Å². The highest BCUT2D eigenvalue weighted by Gasteiger charge is 2.27. The Labute approximate surface area is 120 Å². The van der Waals surface area contributed by atoms with E-state index in [9.17, 15) is 9.18 Å². The lowest BCUT2D eigenvalue weighted by Crippen LogP contribution is -2.38. The third-order valence-corrected chi connectivity index (χ3v) is 4.08. The molecule has 0 atom stereocenters. The third kappa shape index (κ3) is 2.91. The van der Waals surface area contributed by atoms with E-state index in [1.165, 1.54) is 23.9 Å². The molecule has 2 heterocycles. The van der Waals surface area contributed by atoms with Gasteiger partial charge in [-0.2, -0.15) is 4.99 Å². The van der Waals surface area contributed by atoms with Crippen LogP contribution in [0, 0.1) is 5.82 Å². The predicted octanol–water partition coefficient (Wildman–Crippen LogP) is 2.13. The van der Waals surface area contributed by atoms with Gasteiger partial charge in [0.15, 0.2) is 5.17 Å². The van der Waals surface area contributed by atoms with Crippen LogP contribution < -0.4 is 0 Å². The van der Waals surface area contributed by atoms with Crippen LogP contribution in [0.25, 0.3) is 6.08 Å². The quantitative estimate of drug-likeness (QED) is 0.744. The van der Waals surface area contributed by atoms with Crippen molar-refractivity contribution in [2.75, 3.05) is 26.3 Å². The fourth-order valence-electron chi connectivity index (χ4n) is 2.04. The zero-order valence-corrected chi connectivity index (χ0v) is 11.5. The number of halogens is 1. The molecule has 1 aromatic carbocycles. The third-order valence-electron chi connectivity index (χ3n) is 3.04. The maximum atomic E-state index is 13.1. The first-order valence-electron chi connectivity index (χ1n) is 6.33. The number of ether oxygens (including phenoxy) is 1. The van der Waals surface area contributed by atoms with Gasteiger partial charge in [-0.05, 0) is 35.5 Å². The number of thioether (sulfide) groups is 1. The van der Waals surface area contributed by atoms with Gasteiger partial charge in [-0.3, -0.25) is 4.79 Å². The van der Waals surface area contributed by atoms with Crippen molar-refractivity contribution in [1.29, 1.82) is 0 Å². The van der Waals surface area contributed by atoms with Crippen LogP contribution in [-0.2, 0) is 9.53 Å². The van der Waals surface area contributed by atoms with Crippen molar-refractivity contribution in [1.82, 2.24) is 4.90 Å². The van der Waals surface area contributed by atoms with E-state index in [1.807, 2.05) is 4.90 Å². The highest BCUT2D eigenvalue weighted by Crippen LogP contribution is 2.30. The lowest BCUT2D eigenvalue weighted by atomic mass is 10.2. The van der Waals surface area contributed by atoms with E-state index in [0.717, 1.165) is 13.1 Å². The summed E-state index contributed by atoms with van der Waals surface area (Å²) < 4.78 is 18.4. The van der Waals surface area contributed by atoms with E-state index in [0.29, 0.717) is 28.9 Å². The molecular weight excluding hydrogens is 279 g/mol. The van der Waals surface area contributed by atoms with Gasteiger partial charge < -0.3 is 9.64 Å². The lowest BCUT2D eigenvalue weighted by molar-refractivity contribution is -0.113. The van der Waals surface area contributed by atoms with Crippen LogP contribution >= 0.6 is 11.8 Å². The maximum Gasteiger partial charge on any atom is 0.286 e. The molecule has 2 aliphatic rings. The summed E-state index contributed by atoms with van der Waals surface area (Å²) in [6, 6.07) is 6.15. The molecule has 3 rings (SSSR count). The number of benzene rings is 1. The lowest BCUT2D eigenvalue weighted by Gasteiger charge is -2.27. The smallest absolute Gasteiger partial charge is 0.286 e. The predicted molar refractivity (Wildman–Crippen MR) is 76.8 cm³/mol. The van der Waals surface area contributed by atoms with Crippen molar-refractivity contribution in [3.05, 3.63) is 40.6 Å². The fourth-order valence-corrected chi connectivity index (χ4v) is 3.00. The number of hydrogen-bond acceptors (Lipinski definition) is 4. The summed E-state index contributed by atoms with van der Waals surface area (Å²) in [5.41, 5.74) is 0.666. The van der Waals surface area contributed by atoms with Crippen molar-refractivity contribution in [2.24, 2.45) is 4.99 Å². The van der Waals surface area contributed by atoms with E-state index in [-0.39, 0.29) is 11.7 Å². The minimum atomic E-state index is -0.316. The van der Waals surface area contributed by atoms with Gasteiger partial charge in [-0.15, -0.1) is 0 Å². The van der Waals surface area contributed by atoms with Crippen molar-refractivity contribution >= 4 is 28.9 Å². The molecule has 0 N–H and O–H groups in total. The summed E-state index contributed by atoms with van der Waals surface area (Å²) in [5, 5.41) is 0.709. The highest BCUT2D eigenvalue weighted by molar-refractivity contribution is 8.18. The molecule has 0 radical (unpaired) electrons. The number of nitrogens with zero attached hydrogens (tertiary/aromatic N) is 2. The second-order valence-electron chi connectivity index (χ2n) is 4.46. The van der Waals surface area contributed by atoms with Crippen LogP contribution in [0.1, 0.15) is 5.56 Å². The minimum absolute atomic E-state index is 0.263. The van der Waals surface area contributed by atoms with E-state index in [1.54, 1.807) is 18.2 Å². The monoisotopic (exact) mass is 292 g/mol. The average Bonchev–Trinajstić information content (AvgIpc) is 2.81. The number of carbonyl (C=O) groups is 1. The molecule has 104 valence electrons. The summed E-state index contributed by atoms with van der Waals surface area (Å²) >= 11 is 1.34. The Morgan fingerprint density at radius 3 is 2.90 bits per heavy atom. The Hall–Kier alpha value is -1.66. The first kappa shape index (κ1) is 13.3. The first-order chi connectivity index (χ1) is 9.72. The molecule has 2 aliphatic heterocycles. The number of morpholine rings is 1. The van der Waals surface area contributed by atoms with Crippen molar-refractivity contribution in [2.45, 2.75) is 0 Å². The summed E-state index contributed by atoms with van der Waals surface area (Å²) in [7, 11) is 0. The van der Waals surface area contributed by atoms with Gasteiger partial charge in [0.2, 0.25) is 0 Å². The SMILES string of the molecule is O=C1N=C(N2CCOCC2)S/C1=C\c1cccc(F)c1. The Balaban J connectivity index is 1.76. The minimum Gasteiger partial charge on any atom is -0.378 e. The largest absolute Gasteiger partial charge is 0.378 e. The Kier molecular flexibility index (Phi) is 3.84. The van der Waals surface area contributed by atoms with Gasteiger partial charge >= 0.3 is 0 Å². The first-order valence-corrected chi connectivity index (χ1v) is 7.15. The van der Waals surface area contributed by atoms with E-state index >= 15 is 0 Å².